The molecule has 0 aliphatic carbocycles. The van der Waals surface area contributed by atoms with Crippen LogP contribution in [0.4, 0.5) is 5.13 Å². The van der Waals surface area contributed by atoms with Crippen LogP contribution in [0.25, 0.3) is 0 Å². The molecule has 0 saturated heterocycles. The van der Waals surface area contributed by atoms with E-state index in [0.29, 0.717) is 10.7 Å². The van der Waals surface area contributed by atoms with Crippen LogP contribution in [0, 0.1) is 6.92 Å². The summed E-state index contributed by atoms with van der Waals surface area (Å²) in [6.07, 6.45) is 0.879. The molecule has 0 atom stereocenters. The highest BCUT2D eigenvalue weighted by Crippen LogP contribution is 2.23. The number of benzene rings is 1. The Morgan fingerprint density at radius 1 is 1.50 bits per heavy atom. The predicted octanol–water partition coefficient (Wildman–Crippen LogP) is 3.55. The third kappa shape index (κ3) is 2.91. The topological polar surface area (TPSA) is 42.0 Å². The average Bonchev–Trinajstić information content (AvgIpc) is 2.69. The standard InChI is InChI=1S/C13H14N2OS2/c1-3-11-8(2)18-13(14-11)15-12(16)9-5-4-6-10(17)7-9/h4-7,17H,3H2,1-2H3,(H,14,15,16). The molecule has 18 heavy (non-hydrogen) atoms. The first-order chi connectivity index (χ1) is 8.60. The Morgan fingerprint density at radius 3 is 2.89 bits per heavy atom. The van der Waals surface area contributed by atoms with Crippen molar-refractivity contribution in [2.45, 2.75) is 25.2 Å². The molecule has 0 unspecified atom stereocenters. The van der Waals surface area contributed by atoms with E-state index in [9.17, 15) is 4.79 Å². The Kier molecular flexibility index (Phi) is 4.04. The van der Waals surface area contributed by atoms with Crippen molar-refractivity contribution in [3.63, 3.8) is 0 Å². The van der Waals surface area contributed by atoms with Gasteiger partial charge in [-0.05, 0) is 31.5 Å². The van der Waals surface area contributed by atoms with Crippen molar-refractivity contribution in [3.8, 4) is 0 Å². The van der Waals surface area contributed by atoms with Crippen LogP contribution in [0.1, 0.15) is 27.9 Å². The fourth-order valence-electron chi connectivity index (χ4n) is 1.63. The molecule has 1 heterocycles. The van der Waals surface area contributed by atoms with Crippen LogP contribution in [-0.4, -0.2) is 10.9 Å². The van der Waals surface area contributed by atoms with Crippen LogP contribution in [-0.2, 0) is 6.42 Å². The number of rotatable bonds is 3. The highest BCUT2D eigenvalue weighted by Gasteiger charge is 2.10. The molecule has 2 rings (SSSR count). The van der Waals surface area contributed by atoms with Crippen LogP contribution >= 0.6 is 24.0 Å². The molecule has 1 aromatic carbocycles. The first kappa shape index (κ1) is 13.1. The van der Waals surface area contributed by atoms with Crippen LogP contribution in [0.3, 0.4) is 0 Å². The fraction of sp³-hybridized carbons (Fsp3) is 0.231. The maximum atomic E-state index is 12.0. The average molecular weight is 278 g/mol. The molecular formula is C13H14N2OS2. The Morgan fingerprint density at radius 2 is 2.28 bits per heavy atom. The van der Waals surface area contributed by atoms with Gasteiger partial charge in [-0.25, -0.2) is 4.98 Å². The Hall–Kier alpha value is -1.33. The molecule has 5 heteroatoms. The van der Waals surface area contributed by atoms with E-state index < -0.39 is 0 Å². The molecule has 0 aliphatic heterocycles. The van der Waals surface area contributed by atoms with Gasteiger partial charge in [0.2, 0.25) is 0 Å². The number of amides is 1. The number of hydrogen-bond acceptors (Lipinski definition) is 4. The number of nitrogens with zero attached hydrogens (tertiary/aromatic N) is 1. The lowest BCUT2D eigenvalue weighted by Gasteiger charge is -2.02. The molecule has 3 nitrogen and oxygen atoms in total. The van der Waals surface area contributed by atoms with Gasteiger partial charge in [0.1, 0.15) is 0 Å². The van der Waals surface area contributed by atoms with Gasteiger partial charge in [0.15, 0.2) is 5.13 Å². The number of anilines is 1. The summed E-state index contributed by atoms with van der Waals surface area (Å²) >= 11 is 5.72. The minimum Gasteiger partial charge on any atom is -0.298 e. The van der Waals surface area contributed by atoms with Crippen LogP contribution in [0.5, 0.6) is 0 Å². The van der Waals surface area contributed by atoms with Gasteiger partial charge in [-0.2, -0.15) is 0 Å². The second-order valence-corrected chi connectivity index (χ2v) is 5.60. The minimum absolute atomic E-state index is 0.151. The van der Waals surface area contributed by atoms with Crippen molar-refractivity contribution < 1.29 is 4.79 Å². The third-order valence-corrected chi connectivity index (χ3v) is 3.76. The van der Waals surface area contributed by atoms with E-state index in [1.54, 1.807) is 12.1 Å². The number of carbonyl (C=O) groups excluding carboxylic acids is 1. The summed E-state index contributed by atoms with van der Waals surface area (Å²) in [6.45, 7) is 4.07. The Labute approximate surface area is 116 Å². The molecule has 1 aromatic heterocycles. The fourth-order valence-corrected chi connectivity index (χ4v) is 2.75. The molecule has 0 saturated carbocycles. The largest absolute Gasteiger partial charge is 0.298 e. The lowest BCUT2D eigenvalue weighted by Crippen LogP contribution is -2.11. The lowest BCUT2D eigenvalue weighted by molar-refractivity contribution is 0.102. The normalized spacial score (nSPS) is 10.4. The number of thiazole rings is 1. The summed E-state index contributed by atoms with van der Waals surface area (Å²) in [4.78, 5) is 18.3. The summed E-state index contributed by atoms with van der Waals surface area (Å²) in [6, 6.07) is 7.14. The molecule has 0 aliphatic rings. The maximum absolute atomic E-state index is 12.0. The quantitative estimate of drug-likeness (QED) is 0.843. The third-order valence-electron chi connectivity index (χ3n) is 2.56. The smallest absolute Gasteiger partial charge is 0.257 e. The summed E-state index contributed by atoms with van der Waals surface area (Å²) in [5.74, 6) is -0.151. The minimum atomic E-state index is -0.151. The summed E-state index contributed by atoms with van der Waals surface area (Å²) in [5.41, 5.74) is 1.63. The molecule has 1 amide bonds. The maximum Gasteiger partial charge on any atom is 0.257 e. The van der Waals surface area contributed by atoms with Crippen LogP contribution in [0.2, 0.25) is 0 Å². The predicted molar refractivity (Wildman–Crippen MR) is 77.9 cm³/mol. The second-order valence-electron chi connectivity index (χ2n) is 3.88. The Balaban J connectivity index is 2.16. The van der Waals surface area contributed by atoms with Gasteiger partial charge < -0.3 is 0 Å². The summed E-state index contributed by atoms with van der Waals surface area (Å²) < 4.78 is 0. The number of aromatic nitrogens is 1. The highest BCUT2D eigenvalue weighted by molar-refractivity contribution is 7.80. The second kappa shape index (κ2) is 5.54. The van der Waals surface area contributed by atoms with Crippen molar-refractivity contribution in [2.24, 2.45) is 0 Å². The number of carbonyl (C=O) groups is 1. The Bertz CT molecular complexity index is 578. The van der Waals surface area contributed by atoms with Gasteiger partial charge in [-0.3, -0.25) is 10.1 Å². The van der Waals surface area contributed by atoms with Crippen molar-refractivity contribution in [2.75, 3.05) is 5.32 Å². The zero-order chi connectivity index (χ0) is 13.1. The molecule has 0 fully saturated rings. The first-order valence-electron chi connectivity index (χ1n) is 5.67. The van der Waals surface area contributed by atoms with Crippen LogP contribution in [0.15, 0.2) is 29.2 Å². The number of nitrogens with one attached hydrogen (secondary N) is 1. The van der Waals surface area contributed by atoms with Crippen molar-refractivity contribution in [3.05, 3.63) is 40.4 Å². The number of thiol groups is 1. The van der Waals surface area contributed by atoms with Gasteiger partial charge in [-0.1, -0.05) is 13.0 Å². The SMILES string of the molecule is CCc1nc(NC(=O)c2cccc(S)c2)sc1C. The van der Waals surface area contributed by atoms with Crippen molar-refractivity contribution in [1.29, 1.82) is 0 Å². The van der Waals surface area contributed by atoms with Crippen molar-refractivity contribution in [1.82, 2.24) is 4.98 Å². The lowest BCUT2D eigenvalue weighted by atomic mass is 10.2. The van der Waals surface area contributed by atoms with Gasteiger partial charge in [0, 0.05) is 15.3 Å². The van der Waals surface area contributed by atoms with E-state index in [-0.39, 0.29) is 5.91 Å². The van der Waals surface area contributed by atoms with Crippen molar-refractivity contribution >= 4 is 35.0 Å². The molecular weight excluding hydrogens is 264 g/mol. The number of hydrogen-bond donors (Lipinski definition) is 2. The van der Waals surface area contributed by atoms with Gasteiger partial charge >= 0.3 is 0 Å². The van der Waals surface area contributed by atoms with Gasteiger partial charge in [0.25, 0.3) is 5.91 Å². The summed E-state index contributed by atoms with van der Waals surface area (Å²) in [7, 11) is 0. The van der Waals surface area contributed by atoms with Crippen LogP contribution < -0.4 is 5.32 Å². The van der Waals surface area contributed by atoms with E-state index in [4.69, 9.17) is 0 Å². The van der Waals surface area contributed by atoms with E-state index in [0.717, 1.165) is 21.9 Å². The molecule has 0 spiro atoms. The zero-order valence-corrected chi connectivity index (χ0v) is 11.9. The molecule has 1 N–H and O–H groups in total. The van der Waals surface area contributed by atoms with E-state index in [1.165, 1.54) is 11.3 Å². The molecule has 94 valence electrons. The summed E-state index contributed by atoms with van der Waals surface area (Å²) in [5, 5.41) is 3.47. The first-order valence-corrected chi connectivity index (χ1v) is 6.93. The van der Waals surface area contributed by atoms with E-state index >= 15 is 0 Å². The van der Waals surface area contributed by atoms with Gasteiger partial charge in [-0.15, -0.1) is 24.0 Å². The molecule has 2 aromatic rings. The molecule has 0 radical (unpaired) electrons. The number of aryl methyl sites for hydroxylation is 2. The highest BCUT2D eigenvalue weighted by atomic mass is 32.1. The van der Waals surface area contributed by atoms with Gasteiger partial charge in [0.05, 0.1) is 5.69 Å². The van der Waals surface area contributed by atoms with E-state index in [2.05, 4.69) is 29.9 Å². The molecule has 0 bridgehead atoms. The monoisotopic (exact) mass is 278 g/mol. The van der Waals surface area contributed by atoms with E-state index in [1.807, 2.05) is 19.1 Å². The zero-order valence-electron chi connectivity index (χ0n) is 10.2.